The lowest BCUT2D eigenvalue weighted by atomic mass is 10.2. The summed E-state index contributed by atoms with van der Waals surface area (Å²) in [6.45, 7) is 4.97. The van der Waals surface area contributed by atoms with E-state index in [1.807, 2.05) is 6.92 Å². The molecule has 0 heterocycles. The average molecular weight is 324 g/mol. The Balaban J connectivity index is 2.63. The minimum atomic E-state index is -3.28. The summed E-state index contributed by atoms with van der Waals surface area (Å²) < 4.78 is 24.2. The van der Waals surface area contributed by atoms with Crippen LogP contribution in [0.25, 0.3) is 0 Å². The van der Waals surface area contributed by atoms with E-state index < -0.39 is 9.84 Å². The van der Waals surface area contributed by atoms with Gasteiger partial charge in [-0.1, -0.05) is 30.1 Å². The number of hydrogen-bond acceptors (Lipinski definition) is 3. The molecule has 1 atom stereocenters. The summed E-state index contributed by atoms with van der Waals surface area (Å²) in [6.07, 6.45) is 1.45. The molecule has 0 amide bonds. The van der Waals surface area contributed by atoms with Gasteiger partial charge in [0.25, 0.3) is 0 Å². The maximum atomic E-state index is 12.1. The molecule has 0 spiro atoms. The van der Waals surface area contributed by atoms with Crippen molar-refractivity contribution >= 4 is 33.0 Å². The largest absolute Gasteiger partial charge is 0.315 e. The summed E-state index contributed by atoms with van der Waals surface area (Å²) in [5, 5.41) is 3.88. The molecule has 0 aliphatic heterocycles. The van der Waals surface area contributed by atoms with Crippen molar-refractivity contribution in [2.45, 2.75) is 37.6 Å². The first kappa shape index (κ1) is 16.8. The highest BCUT2D eigenvalue weighted by molar-refractivity contribution is 7.91. The van der Waals surface area contributed by atoms with Gasteiger partial charge in [0.1, 0.15) is 0 Å². The lowest BCUT2D eigenvalue weighted by Gasteiger charge is -2.12. The Hall–Kier alpha value is -0.290. The van der Waals surface area contributed by atoms with Crippen molar-refractivity contribution < 1.29 is 8.42 Å². The Bertz CT molecular complexity index is 517. The van der Waals surface area contributed by atoms with Crippen molar-refractivity contribution in [2.24, 2.45) is 0 Å². The van der Waals surface area contributed by atoms with Crippen LogP contribution < -0.4 is 5.32 Å². The summed E-state index contributed by atoms with van der Waals surface area (Å²) in [6, 6.07) is 4.75. The van der Waals surface area contributed by atoms with Gasteiger partial charge in [0, 0.05) is 6.04 Å². The zero-order chi connectivity index (χ0) is 14.5. The van der Waals surface area contributed by atoms with Crippen molar-refractivity contribution in [2.75, 3.05) is 12.3 Å². The van der Waals surface area contributed by atoms with E-state index in [1.165, 1.54) is 18.2 Å². The van der Waals surface area contributed by atoms with Crippen LogP contribution in [-0.2, 0) is 9.84 Å². The maximum absolute atomic E-state index is 12.1. The van der Waals surface area contributed by atoms with Crippen LogP contribution in [0.2, 0.25) is 10.0 Å². The number of halogens is 2. The van der Waals surface area contributed by atoms with Crippen molar-refractivity contribution in [3.63, 3.8) is 0 Å². The zero-order valence-corrected chi connectivity index (χ0v) is 13.4. The summed E-state index contributed by atoms with van der Waals surface area (Å²) in [5.41, 5.74) is 0. The van der Waals surface area contributed by atoms with Crippen molar-refractivity contribution in [1.82, 2.24) is 5.32 Å². The predicted molar refractivity (Wildman–Crippen MR) is 80.9 cm³/mol. The average Bonchev–Trinajstić information content (AvgIpc) is 2.32. The number of rotatable bonds is 7. The van der Waals surface area contributed by atoms with Gasteiger partial charge in [0.15, 0.2) is 9.84 Å². The molecular weight excluding hydrogens is 305 g/mol. The molecule has 0 saturated heterocycles. The number of benzene rings is 1. The quantitative estimate of drug-likeness (QED) is 0.834. The van der Waals surface area contributed by atoms with Gasteiger partial charge in [-0.25, -0.2) is 8.42 Å². The van der Waals surface area contributed by atoms with Gasteiger partial charge in [-0.05, 0) is 44.5 Å². The molecule has 6 heteroatoms. The van der Waals surface area contributed by atoms with Gasteiger partial charge in [-0.2, -0.15) is 0 Å². The second-order valence-corrected chi connectivity index (χ2v) is 7.42. The Morgan fingerprint density at radius 3 is 2.53 bits per heavy atom. The highest BCUT2D eigenvalue weighted by Gasteiger charge is 2.16. The van der Waals surface area contributed by atoms with E-state index >= 15 is 0 Å². The molecule has 0 bridgehead atoms. The molecule has 0 aliphatic carbocycles. The van der Waals surface area contributed by atoms with Crippen molar-refractivity contribution in [3.8, 4) is 0 Å². The molecule has 0 aromatic heterocycles. The fourth-order valence-corrected chi connectivity index (χ4v) is 3.54. The van der Waals surface area contributed by atoms with Gasteiger partial charge in [0.2, 0.25) is 0 Å². The topological polar surface area (TPSA) is 46.2 Å². The second kappa shape index (κ2) is 7.48. The van der Waals surface area contributed by atoms with Crippen molar-refractivity contribution in [1.29, 1.82) is 0 Å². The monoisotopic (exact) mass is 323 g/mol. The molecule has 1 unspecified atom stereocenters. The molecule has 1 aromatic carbocycles. The lowest BCUT2D eigenvalue weighted by Crippen LogP contribution is -2.26. The first-order valence-corrected chi connectivity index (χ1v) is 8.69. The Labute approximate surface area is 125 Å². The van der Waals surface area contributed by atoms with Crippen LogP contribution in [0, 0.1) is 0 Å². The van der Waals surface area contributed by atoms with E-state index in [1.54, 1.807) is 0 Å². The minimum absolute atomic E-state index is 0.126. The highest BCUT2D eigenvalue weighted by Crippen LogP contribution is 2.25. The number of hydrogen-bond donors (Lipinski definition) is 1. The molecular formula is C13H19Cl2NO2S. The molecule has 19 heavy (non-hydrogen) atoms. The van der Waals surface area contributed by atoms with Crippen LogP contribution >= 0.6 is 23.2 Å². The number of nitrogens with one attached hydrogen (secondary N) is 1. The smallest absolute Gasteiger partial charge is 0.178 e. The molecule has 0 saturated carbocycles. The molecule has 0 radical (unpaired) electrons. The van der Waals surface area contributed by atoms with Crippen LogP contribution in [0.1, 0.15) is 26.7 Å². The first-order valence-electron chi connectivity index (χ1n) is 6.28. The minimum Gasteiger partial charge on any atom is -0.315 e. The third-order valence-corrected chi connectivity index (χ3v) is 5.39. The first-order chi connectivity index (χ1) is 8.86. The van der Waals surface area contributed by atoms with Gasteiger partial charge in [0.05, 0.1) is 20.7 Å². The van der Waals surface area contributed by atoms with E-state index in [-0.39, 0.29) is 15.7 Å². The number of sulfone groups is 1. The molecule has 0 aliphatic rings. The highest BCUT2D eigenvalue weighted by atomic mass is 35.5. The summed E-state index contributed by atoms with van der Waals surface area (Å²) in [4.78, 5) is 0.234. The molecule has 1 rings (SSSR count). The fraction of sp³-hybridized carbons (Fsp3) is 0.538. The van der Waals surface area contributed by atoms with Crippen LogP contribution in [-0.4, -0.2) is 26.8 Å². The van der Waals surface area contributed by atoms with Crippen LogP contribution in [0.5, 0.6) is 0 Å². The summed E-state index contributed by atoms with van der Waals surface area (Å²) in [7, 11) is -3.28. The summed E-state index contributed by atoms with van der Waals surface area (Å²) >= 11 is 11.6. The van der Waals surface area contributed by atoms with E-state index in [4.69, 9.17) is 23.2 Å². The van der Waals surface area contributed by atoms with E-state index in [2.05, 4.69) is 12.2 Å². The standard InChI is InChI=1S/C13H19Cl2NO2S/c1-3-16-10(2)5-4-8-19(17,18)11-6-7-12(14)13(15)9-11/h6-7,9-10,16H,3-5,8H2,1-2H3. The van der Waals surface area contributed by atoms with Gasteiger partial charge in [-0.15, -0.1) is 0 Å². The second-order valence-electron chi connectivity index (χ2n) is 4.50. The van der Waals surface area contributed by atoms with E-state index in [0.717, 1.165) is 13.0 Å². The molecule has 3 nitrogen and oxygen atoms in total. The van der Waals surface area contributed by atoms with Gasteiger partial charge in [-0.3, -0.25) is 0 Å². The predicted octanol–water partition coefficient (Wildman–Crippen LogP) is 3.55. The molecule has 108 valence electrons. The van der Waals surface area contributed by atoms with Crippen molar-refractivity contribution in [3.05, 3.63) is 28.2 Å². The normalized spacial score (nSPS) is 13.5. The summed E-state index contributed by atoms with van der Waals surface area (Å²) in [5.74, 6) is 0.126. The zero-order valence-electron chi connectivity index (χ0n) is 11.1. The van der Waals surface area contributed by atoms with Crippen LogP contribution in [0.15, 0.2) is 23.1 Å². The van der Waals surface area contributed by atoms with E-state index in [9.17, 15) is 8.42 Å². The lowest BCUT2D eigenvalue weighted by molar-refractivity contribution is 0.521. The van der Waals surface area contributed by atoms with Gasteiger partial charge >= 0.3 is 0 Å². The SMILES string of the molecule is CCNC(C)CCCS(=O)(=O)c1ccc(Cl)c(Cl)c1. The molecule has 1 aromatic rings. The van der Waals surface area contributed by atoms with E-state index in [0.29, 0.717) is 17.5 Å². The Kier molecular flexibility index (Phi) is 6.60. The van der Waals surface area contributed by atoms with Crippen LogP contribution in [0.4, 0.5) is 0 Å². The molecule has 0 fully saturated rings. The maximum Gasteiger partial charge on any atom is 0.178 e. The van der Waals surface area contributed by atoms with Crippen LogP contribution in [0.3, 0.4) is 0 Å². The Morgan fingerprint density at radius 1 is 1.26 bits per heavy atom. The molecule has 1 N–H and O–H groups in total. The van der Waals surface area contributed by atoms with Gasteiger partial charge < -0.3 is 5.32 Å². The third-order valence-electron chi connectivity index (χ3n) is 2.85. The fourth-order valence-electron chi connectivity index (χ4n) is 1.82. The Morgan fingerprint density at radius 2 is 1.95 bits per heavy atom. The third kappa shape index (κ3) is 5.30.